The summed E-state index contributed by atoms with van der Waals surface area (Å²) in [6.07, 6.45) is 0. The Bertz CT molecular complexity index is 1080. The molecular weight excluding hydrogens is 360 g/mol. The maximum absolute atomic E-state index is 12.3. The summed E-state index contributed by atoms with van der Waals surface area (Å²) in [6.45, 7) is 0.688. The van der Waals surface area contributed by atoms with Crippen molar-refractivity contribution < 1.29 is 19.2 Å². The Hall–Kier alpha value is -3.76. The van der Waals surface area contributed by atoms with Crippen LogP contribution in [0.25, 0.3) is 0 Å². The molecule has 0 fully saturated rings. The molecule has 0 saturated carbocycles. The van der Waals surface area contributed by atoms with Crippen LogP contribution in [0.2, 0.25) is 0 Å². The number of nitrogens with zero attached hydrogens (tertiary/aromatic N) is 3. The number of benzene rings is 1. The standard InChI is InChI=1S/C16H16N4O7/c1-8-4-5-9(6-10(8)20(25)26)15(23)27-7-11(21)12-13(17)18(2)16(24)19(3)14(12)22/h4-6H,7,17H2,1-3H3. The highest BCUT2D eigenvalue weighted by molar-refractivity contribution is 6.02. The largest absolute Gasteiger partial charge is 0.454 e. The minimum absolute atomic E-state index is 0.124. The van der Waals surface area contributed by atoms with Gasteiger partial charge in [-0.3, -0.25) is 28.8 Å². The number of ketones is 1. The third-order valence-corrected chi connectivity index (χ3v) is 3.96. The van der Waals surface area contributed by atoms with Crippen molar-refractivity contribution in [3.05, 3.63) is 65.8 Å². The Balaban J connectivity index is 2.26. The minimum atomic E-state index is -0.980. The molecule has 2 aromatic rings. The van der Waals surface area contributed by atoms with Crippen LogP contribution in [0.1, 0.15) is 26.3 Å². The lowest BCUT2D eigenvalue weighted by Gasteiger charge is -2.11. The molecule has 27 heavy (non-hydrogen) atoms. The van der Waals surface area contributed by atoms with Gasteiger partial charge in [-0.05, 0) is 13.0 Å². The smallest absolute Gasteiger partial charge is 0.338 e. The molecule has 0 amide bonds. The van der Waals surface area contributed by atoms with Crippen LogP contribution >= 0.6 is 0 Å². The summed E-state index contributed by atoms with van der Waals surface area (Å²) in [5.41, 5.74) is 3.51. The van der Waals surface area contributed by atoms with E-state index in [2.05, 4.69) is 0 Å². The summed E-state index contributed by atoms with van der Waals surface area (Å²) in [7, 11) is 2.46. The maximum Gasteiger partial charge on any atom is 0.338 e. The van der Waals surface area contributed by atoms with Gasteiger partial charge in [-0.25, -0.2) is 9.59 Å². The molecular formula is C16H16N4O7. The Morgan fingerprint density at radius 3 is 2.44 bits per heavy atom. The topological polar surface area (TPSA) is 157 Å². The zero-order valence-corrected chi connectivity index (χ0v) is 14.7. The van der Waals surface area contributed by atoms with Gasteiger partial charge in [-0.1, -0.05) is 6.07 Å². The lowest BCUT2D eigenvalue weighted by molar-refractivity contribution is -0.385. The molecule has 1 aromatic heterocycles. The number of nitro groups is 1. The Morgan fingerprint density at radius 1 is 1.22 bits per heavy atom. The Morgan fingerprint density at radius 2 is 1.85 bits per heavy atom. The van der Waals surface area contributed by atoms with Crippen LogP contribution in [-0.4, -0.2) is 32.4 Å². The van der Waals surface area contributed by atoms with E-state index < -0.39 is 40.1 Å². The first kappa shape index (κ1) is 19.6. The van der Waals surface area contributed by atoms with Crippen molar-refractivity contribution in [2.45, 2.75) is 6.92 Å². The fourth-order valence-electron chi connectivity index (χ4n) is 2.34. The quantitative estimate of drug-likeness (QED) is 0.329. The summed E-state index contributed by atoms with van der Waals surface area (Å²) < 4.78 is 6.46. The zero-order chi connectivity index (χ0) is 20.5. The number of anilines is 1. The number of carbonyl (C=O) groups is 2. The van der Waals surface area contributed by atoms with Gasteiger partial charge in [0.05, 0.1) is 10.5 Å². The van der Waals surface area contributed by atoms with Crippen molar-refractivity contribution in [2.24, 2.45) is 14.1 Å². The molecule has 0 unspecified atom stereocenters. The van der Waals surface area contributed by atoms with Crippen LogP contribution in [-0.2, 0) is 18.8 Å². The number of nitrogen functional groups attached to an aromatic ring is 1. The van der Waals surface area contributed by atoms with Crippen LogP contribution < -0.4 is 17.0 Å². The van der Waals surface area contributed by atoms with Crippen LogP contribution in [0.5, 0.6) is 0 Å². The van der Waals surface area contributed by atoms with Crippen molar-refractivity contribution in [1.82, 2.24) is 9.13 Å². The molecule has 2 N–H and O–H groups in total. The highest BCUT2D eigenvalue weighted by atomic mass is 16.6. The summed E-state index contributed by atoms with van der Waals surface area (Å²) in [4.78, 5) is 58.5. The first-order chi connectivity index (χ1) is 12.6. The van der Waals surface area contributed by atoms with E-state index >= 15 is 0 Å². The van der Waals surface area contributed by atoms with E-state index in [1.807, 2.05) is 0 Å². The number of Topliss-reactive ketones (excluding diaryl/α,β-unsaturated/α-hetero) is 1. The lowest BCUT2D eigenvalue weighted by atomic mass is 10.1. The molecule has 0 bridgehead atoms. The van der Waals surface area contributed by atoms with Crippen LogP contribution in [0, 0.1) is 17.0 Å². The fourth-order valence-corrected chi connectivity index (χ4v) is 2.34. The maximum atomic E-state index is 12.3. The molecule has 11 nitrogen and oxygen atoms in total. The van der Waals surface area contributed by atoms with Crippen molar-refractivity contribution >= 4 is 23.3 Å². The number of hydrogen-bond donors (Lipinski definition) is 1. The predicted octanol–water partition coefficient (Wildman–Crippen LogP) is -0.0775. The summed E-state index contributed by atoms with van der Waals surface area (Å²) in [5, 5.41) is 10.9. The van der Waals surface area contributed by atoms with Gasteiger partial charge in [0.25, 0.3) is 11.2 Å². The zero-order valence-electron chi connectivity index (χ0n) is 14.7. The van der Waals surface area contributed by atoms with Gasteiger partial charge < -0.3 is 10.5 Å². The number of hydrogen-bond acceptors (Lipinski definition) is 8. The number of aryl methyl sites for hydroxylation is 1. The van der Waals surface area contributed by atoms with Gasteiger partial charge in [0, 0.05) is 25.7 Å². The normalized spacial score (nSPS) is 10.5. The van der Waals surface area contributed by atoms with Gasteiger partial charge in [0.2, 0.25) is 5.78 Å². The van der Waals surface area contributed by atoms with E-state index in [9.17, 15) is 29.3 Å². The second-order valence-corrected chi connectivity index (χ2v) is 5.72. The lowest BCUT2D eigenvalue weighted by Crippen LogP contribution is -2.42. The second kappa shape index (κ2) is 7.23. The third kappa shape index (κ3) is 3.61. The van der Waals surface area contributed by atoms with E-state index in [1.54, 1.807) is 0 Å². The molecule has 0 spiro atoms. The summed E-state index contributed by atoms with van der Waals surface area (Å²) >= 11 is 0. The number of nitrogens with two attached hydrogens (primary N) is 1. The average Bonchev–Trinajstić information content (AvgIpc) is 2.63. The molecule has 0 aliphatic carbocycles. The second-order valence-electron chi connectivity index (χ2n) is 5.72. The number of nitro benzene ring substituents is 1. The van der Waals surface area contributed by atoms with E-state index in [0.29, 0.717) is 10.1 Å². The molecule has 0 aliphatic heterocycles. The highest BCUT2D eigenvalue weighted by Gasteiger charge is 2.22. The monoisotopic (exact) mass is 376 g/mol. The molecule has 1 heterocycles. The fraction of sp³-hybridized carbons (Fsp3) is 0.250. The van der Waals surface area contributed by atoms with Gasteiger partial charge in [0.15, 0.2) is 6.61 Å². The average molecular weight is 376 g/mol. The van der Waals surface area contributed by atoms with Crippen molar-refractivity contribution in [2.75, 3.05) is 12.3 Å². The number of aromatic nitrogens is 2. The molecule has 0 saturated heterocycles. The summed E-state index contributed by atoms with van der Waals surface area (Å²) in [5.74, 6) is -2.24. The number of esters is 1. The molecule has 1 aromatic carbocycles. The minimum Gasteiger partial charge on any atom is -0.454 e. The number of rotatable bonds is 5. The molecule has 0 radical (unpaired) electrons. The predicted molar refractivity (Wildman–Crippen MR) is 93.8 cm³/mol. The Labute approximate surface area is 151 Å². The molecule has 11 heteroatoms. The first-order valence-electron chi connectivity index (χ1n) is 7.57. The molecule has 0 atom stereocenters. The van der Waals surface area contributed by atoms with Crippen LogP contribution in [0.15, 0.2) is 27.8 Å². The van der Waals surface area contributed by atoms with Gasteiger partial charge in [0.1, 0.15) is 11.4 Å². The third-order valence-electron chi connectivity index (χ3n) is 3.96. The molecule has 142 valence electrons. The SMILES string of the molecule is Cc1ccc(C(=O)OCC(=O)c2c(N)n(C)c(=O)n(C)c2=O)cc1[N+](=O)[O-]. The van der Waals surface area contributed by atoms with Crippen molar-refractivity contribution in [3.63, 3.8) is 0 Å². The van der Waals surface area contributed by atoms with Crippen LogP contribution in [0.4, 0.5) is 11.5 Å². The van der Waals surface area contributed by atoms with Crippen molar-refractivity contribution in [1.29, 1.82) is 0 Å². The Kier molecular flexibility index (Phi) is 5.24. The highest BCUT2D eigenvalue weighted by Crippen LogP contribution is 2.19. The first-order valence-corrected chi connectivity index (χ1v) is 7.57. The summed E-state index contributed by atoms with van der Waals surface area (Å²) in [6, 6.07) is 3.72. The molecule has 2 rings (SSSR count). The van der Waals surface area contributed by atoms with Gasteiger partial charge in [-0.15, -0.1) is 0 Å². The van der Waals surface area contributed by atoms with E-state index in [1.165, 1.54) is 33.2 Å². The number of ether oxygens (including phenoxy) is 1. The van der Waals surface area contributed by atoms with Crippen LogP contribution in [0.3, 0.4) is 0 Å². The van der Waals surface area contributed by atoms with E-state index in [-0.39, 0.29) is 17.1 Å². The van der Waals surface area contributed by atoms with E-state index in [0.717, 1.165) is 10.6 Å². The molecule has 0 aliphatic rings. The van der Waals surface area contributed by atoms with Crippen molar-refractivity contribution in [3.8, 4) is 0 Å². The van der Waals surface area contributed by atoms with Gasteiger partial charge in [-0.2, -0.15) is 0 Å². The van der Waals surface area contributed by atoms with E-state index in [4.69, 9.17) is 10.5 Å². The van der Waals surface area contributed by atoms with Gasteiger partial charge >= 0.3 is 11.7 Å². The number of carbonyl (C=O) groups excluding carboxylic acids is 2.